The SMILES string of the molecule is CC(=O)Nc1cc(NC(=O)c2cc(C)n(-c3ccccc3)n2)ccc1Cl. The number of nitrogens with one attached hydrogen (secondary N) is 2. The Morgan fingerprint density at radius 1 is 1.04 bits per heavy atom. The number of amides is 2. The van der Waals surface area contributed by atoms with Crippen molar-refractivity contribution in [3.63, 3.8) is 0 Å². The normalized spacial score (nSPS) is 10.4. The molecular formula is C19H17ClN4O2. The number of rotatable bonds is 4. The van der Waals surface area contributed by atoms with Gasteiger partial charge in [0.25, 0.3) is 5.91 Å². The smallest absolute Gasteiger partial charge is 0.276 e. The standard InChI is InChI=1S/C19H17ClN4O2/c1-12-10-18(23-24(12)15-6-4-3-5-7-15)19(26)22-14-8-9-16(20)17(11-14)21-13(2)25/h3-11H,1-2H3,(H,21,25)(H,22,26). The Hall–Kier alpha value is -3.12. The van der Waals surface area contributed by atoms with Crippen LogP contribution in [0.2, 0.25) is 5.02 Å². The van der Waals surface area contributed by atoms with Gasteiger partial charge in [0.05, 0.1) is 16.4 Å². The highest BCUT2D eigenvalue weighted by Gasteiger charge is 2.14. The second-order valence-corrected chi connectivity index (χ2v) is 6.16. The van der Waals surface area contributed by atoms with E-state index in [1.54, 1.807) is 28.9 Å². The van der Waals surface area contributed by atoms with Gasteiger partial charge in [-0.25, -0.2) is 4.68 Å². The third-order valence-corrected chi connectivity index (χ3v) is 3.99. The molecule has 0 saturated heterocycles. The number of carbonyl (C=O) groups excluding carboxylic acids is 2. The van der Waals surface area contributed by atoms with Gasteiger partial charge in [0.2, 0.25) is 5.91 Å². The molecule has 3 aromatic rings. The molecule has 132 valence electrons. The molecule has 0 unspecified atom stereocenters. The van der Waals surface area contributed by atoms with Gasteiger partial charge in [-0.2, -0.15) is 5.10 Å². The van der Waals surface area contributed by atoms with Crippen LogP contribution in [0.15, 0.2) is 54.6 Å². The maximum absolute atomic E-state index is 12.5. The van der Waals surface area contributed by atoms with Crippen molar-refractivity contribution in [1.29, 1.82) is 0 Å². The zero-order valence-electron chi connectivity index (χ0n) is 14.3. The molecule has 0 atom stereocenters. The van der Waals surface area contributed by atoms with Gasteiger partial charge < -0.3 is 10.6 Å². The summed E-state index contributed by atoms with van der Waals surface area (Å²) in [5, 5.41) is 10.2. The molecule has 2 N–H and O–H groups in total. The number of para-hydroxylation sites is 1. The lowest BCUT2D eigenvalue weighted by Gasteiger charge is -2.09. The fraction of sp³-hybridized carbons (Fsp3) is 0.105. The Kier molecular flexibility index (Phi) is 5.04. The van der Waals surface area contributed by atoms with Gasteiger partial charge in [-0.1, -0.05) is 29.8 Å². The number of benzene rings is 2. The Morgan fingerprint density at radius 2 is 1.77 bits per heavy atom. The van der Waals surface area contributed by atoms with Crippen molar-refractivity contribution in [2.75, 3.05) is 10.6 Å². The molecule has 2 amide bonds. The van der Waals surface area contributed by atoms with Crippen LogP contribution in [0.5, 0.6) is 0 Å². The summed E-state index contributed by atoms with van der Waals surface area (Å²) >= 11 is 6.04. The van der Waals surface area contributed by atoms with Crippen LogP contribution in [0.4, 0.5) is 11.4 Å². The molecule has 26 heavy (non-hydrogen) atoms. The second-order valence-electron chi connectivity index (χ2n) is 5.75. The van der Waals surface area contributed by atoms with Crippen LogP contribution in [-0.4, -0.2) is 21.6 Å². The monoisotopic (exact) mass is 368 g/mol. The minimum absolute atomic E-state index is 0.243. The van der Waals surface area contributed by atoms with Crippen LogP contribution < -0.4 is 10.6 Å². The number of aromatic nitrogens is 2. The van der Waals surface area contributed by atoms with Crippen molar-refractivity contribution in [3.8, 4) is 5.69 Å². The molecular weight excluding hydrogens is 352 g/mol. The number of hydrogen-bond donors (Lipinski definition) is 2. The molecule has 6 nitrogen and oxygen atoms in total. The van der Waals surface area contributed by atoms with E-state index >= 15 is 0 Å². The average Bonchev–Trinajstić information content (AvgIpc) is 3.00. The predicted octanol–water partition coefficient (Wildman–Crippen LogP) is 4.04. The van der Waals surface area contributed by atoms with E-state index in [9.17, 15) is 9.59 Å². The molecule has 3 rings (SSSR count). The maximum atomic E-state index is 12.5. The summed E-state index contributed by atoms with van der Waals surface area (Å²) in [6, 6.07) is 16.2. The second kappa shape index (κ2) is 7.41. The fourth-order valence-corrected chi connectivity index (χ4v) is 2.66. The van der Waals surface area contributed by atoms with Crippen LogP contribution in [-0.2, 0) is 4.79 Å². The van der Waals surface area contributed by atoms with E-state index in [-0.39, 0.29) is 11.8 Å². The summed E-state index contributed by atoms with van der Waals surface area (Å²) in [6.07, 6.45) is 0. The summed E-state index contributed by atoms with van der Waals surface area (Å²) in [4.78, 5) is 23.7. The zero-order chi connectivity index (χ0) is 18.7. The van der Waals surface area contributed by atoms with Crippen LogP contribution in [0.25, 0.3) is 5.69 Å². The van der Waals surface area contributed by atoms with Gasteiger partial charge in [0.15, 0.2) is 5.69 Å². The number of hydrogen-bond acceptors (Lipinski definition) is 3. The third kappa shape index (κ3) is 3.92. The first-order valence-electron chi connectivity index (χ1n) is 7.94. The maximum Gasteiger partial charge on any atom is 0.276 e. The third-order valence-electron chi connectivity index (χ3n) is 3.66. The lowest BCUT2D eigenvalue weighted by molar-refractivity contribution is -0.114. The largest absolute Gasteiger partial charge is 0.325 e. The van der Waals surface area contributed by atoms with Crippen molar-refractivity contribution < 1.29 is 9.59 Å². The molecule has 0 spiro atoms. The van der Waals surface area contributed by atoms with Crippen LogP contribution in [0, 0.1) is 6.92 Å². The molecule has 1 aromatic heterocycles. The van der Waals surface area contributed by atoms with E-state index in [1.807, 2.05) is 37.3 Å². The van der Waals surface area contributed by atoms with Gasteiger partial charge in [0.1, 0.15) is 0 Å². The van der Waals surface area contributed by atoms with Crippen LogP contribution in [0.1, 0.15) is 23.1 Å². The van der Waals surface area contributed by atoms with Gasteiger partial charge >= 0.3 is 0 Å². The van der Waals surface area contributed by atoms with Crippen molar-refractivity contribution >= 4 is 34.8 Å². The Labute approximate surface area is 155 Å². The molecule has 0 radical (unpaired) electrons. The lowest BCUT2D eigenvalue weighted by atomic mass is 10.2. The molecule has 0 aliphatic rings. The molecule has 1 heterocycles. The minimum atomic E-state index is -0.348. The van der Waals surface area contributed by atoms with Crippen molar-refractivity contribution in [2.45, 2.75) is 13.8 Å². The topological polar surface area (TPSA) is 76.0 Å². The van der Waals surface area contributed by atoms with Crippen molar-refractivity contribution in [1.82, 2.24) is 9.78 Å². The van der Waals surface area contributed by atoms with Gasteiger partial charge in [0, 0.05) is 18.3 Å². The fourth-order valence-electron chi connectivity index (χ4n) is 2.50. The van der Waals surface area contributed by atoms with E-state index in [0.29, 0.717) is 22.1 Å². The first kappa shape index (κ1) is 17.7. The van der Waals surface area contributed by atoms with E-state index in [1.165, 1.54) is 6.92 Å². The van der Waals surface area contributed by atoms with E-state index in [2.05, 4.69) is 15.7 Å². The van der Waals surface area contributed by atoms with Gasteiger partial charge in [-0.15, -0.1) is 0 Å². The number of nitrogens with zero attached hydrogens (tertiary/aromatic N) is 2. The molecule has 0 saturated carbocycles. The number of carbonyl (C=O) groups is 2. The summed E-state index contributed by atoms with van der Waals surface area (Å²) < 4.78 is 1.71. The van der Waals surface area contributed by atoms with Crippen molar-refractivity contribution in [3.05, 3.63) is 71.0 Å². The highest BCUT2D eigenvalue weighted by Crippen LogP contribution is 2.26. The zero-order valence-corrected chi connectivity index (χ0v) is 15.0. The molecule has 0 fully saturated rings. The Morgan fingerprint density at radius 3 is 2.46 bits per heavy atom. The molecule has 7 heteroatoms. The first-order chi connectivity index (χ1) is 12.4. The van der Waals surface area contributed by atoms with Gasteiger partial charge in [-0.3, -0.25) is 9.59 Å². The summed E-state index contributed by atoms with van der Waals surface area (Å²) in [6.45, 7) is 3.27. The summed E-state index contributed by atoms with van der Waals surface area (Å²) in [5.74, 6) is -0.591. The minimum Gasteiger partial charge on any atom is -0.325 e. The van der Waals surface area contributed by atoms with E-state index < -0.39 is 0 Å². The highest BCUT2D eigenvalue weighted by molar-refractivity contribution is 6.33. The quantitative estimate of drug-likeness (QED) is 0.729. The summed E-state index contributed by atoms with van der Waals surface area (Å²) in [7, 11) is 0. The molecule has 0 aliphatic heterocycles. The number of halogens is 1. The number of anilines is 2. The van der Waals surface area contributed by atoms with Crippen LogP contribution in [0.3, 0.4) is 0 Å². The Balaban J connectivity index is 1.82. The van der Waals surface area contributed by atoms with E-state index in [4.69, 9.17) is 11.6 Å². The summed E-state index contributed by atoms with van der Waals surface area (Å²) in [5.41, 5.74) is 2.96. The van der Waals surface area contributed by atoms with Crippen LogP contribution >= 0.6 is 11.6 Å². The van der Waals surface area contributed by atoms with E-state index in [0.717, 1.165) is 11.4 Å². The molecule has 0 bridgehead atoms. The Bertz CT molecular complexity index is 967. The first-order valence-corrected chi connectivity index (χ1v) is 8.32. The lowest BCUT2D eigenvalue weighted by Crippen LogP contribution is -2.14. The average molecular weight is 369 g/mol. The van der Waals surface area contributed by atoms with Gasteiger partial charge in [-0.05, 0) is 43.3 Å². The highest BCUT2D eigenvalue weighted by atomic mass is 35.5. The van der Waals surface area contributed by atoms with Crippen molar-refractivity contribution in [2.24, 2.45) is 0 Å². The molecule has 0 aliphatic carbocycles. The number of aryl methyl sites for hydroxylation is 1. The predicted molar refractivity (Wildman–Crippen MR) is 102 cm³/mol. The molecule has 2 aromatic carbocycles.